The summed E-state index contributed by atoms with van der Waals surface area (Å²) in [5.74, 6) is -0.845. The Morgan fingerprint density at radius 2 is 1.75 bits per heavy atom. The molecule has 16 heavy (non-hydrogen) atoms. The summed E-state index contributed by atoms with van der Waals surface area (Å²) in [5.41, 5.74) is 1.65. The van der Waals surface area contributed by atoms with Gasteiger partial charge in [0, 0.05) is 5.57 Å². The van der Waals surface area contributed by atoms with Crippen LogP contribution in [-0.4, -0.2) is 11.1 Å². The highest BCUT2D eigenvalue weighted by atomic mass is 16.4. The van der Waals surface area contributed by atoms with Crippen LogP contribution in [0.4, 0.5) is 0 Å². The fraction of sp³-hybridized carbons (Fsp3) is 0.214. The van der Waals surface area contributed by atoms with Crippen LogP contribution in [0, 0.1) is 0 Å². The van der Waals surface area contributed by atoms with Crippen LogP contribution >= 0.6 is 0 Å². The Hall–Kier alpha value is -1.83. The molecule has 0 bridgehead atoms. The van der Waals surface area contributed by atoms with Crippen LogP contribution in [0.15, 0.2) is 48.1 Å². The molecule has 86 valence electrons. The first-order chi connectivity index (χ1) is 7.61. The van der Waals surface area contributed by atoms with E-state index in [-0.39, 0.29) is 0 Å². The van der Waals surface area contributed by atoms with Gasteiger partial charge in [0.1, 0.15) is 0 Å². The Kier molecular flexibility index (Phi) is 7.51. The number of allylic oxidation sites excluding steroid dienone is 2. The van der Waals surface area contributed by atoms with E-state index in [1.165, 1.54) is 5.56 Å². The van der Waals surface area contributed by atoms with Crippen molar-refractivity contribution in [2.24, 2.45) is 0 Å². The second-order valence-electron chi connectivity index (χ2n) is 3.19. The molecule has 2 heteroatoms. The predicted molar refractivity (Wildman–Crippen MR) is 68.2 cm³/mol. The van der Waals surface area contributed by atoms with Gasteiger partial charge in [0.05, 0.1) is 0 Å². The van der Waals surface area contributed by atoms with Gasteiger partial charge in [-0.2, -0.15) is 0 Å². The minimum atomic E-state index is -0.845. The molecule has 0 fully saturated rings. The zero-order valence-corrected chi connectivity index (χ0v) is 9.97. The first kappa shape index (κ1) is 14.2. The lowest BCUT2D eigenvalue weighted by Crippen LogP contribution is -1.93. The predicted octanol–water partition coefficient (Wildman–Crippen LogP) is 3.76. The van der Waals surface area contributed by atoms with Crippen molar-refractivity contribution in [1.29, 1.82) is 0 Å². The molecule has 1 aromatic rings. The van der Waals surface area contributed by atoms with Crippen LogP contribution < -0.4 is 0 Å². The van der Waals surface area contributed by atoms with Crippen molar-refractivity contribution in [1.82, 2.24) is 0 Å². The minimum Gasteiger partial charge on any atom is -0.478 e. The normalized spacial score (nSPS) is 10.8. The van der Waals surface area contributed by atoms with Crippen molar-refractivity contribution in [2.75, 3.05) is 0 Å². The van der Waals surface area contributed by atoms with Crippen LogP contribution in [0.5, 0.6) is 0 Å². The van der Waals surface area contributed by atoms with Crippen molar-refractivity contribution in [3.05, 3.63) is 53.6 Å². The Morgan fingerprint density at radius 1 is 1.19 bits per heavy atom. The third-order valence-electron chi connectivity index (χ3n) is 1.93. The summed E-state index contributed by atoms with van der Waals surface area (Å²) in [5, 5.41) is 8.11. The molecular formula is C14H18O2. The van der Waals surface area contributed by atoms with Crippen LogP contribution in [0.2, 0.25) is 0 Å². The lowest BCUT2D eigenvalue weighted by molar-refractivity contribution is -0.132. The van der Waals surface area contributed by atoms with Gasteiger partial charge in [-0.25, -0.2) is 4.79 Å². The van der Waals surface area contributed by atoms with E-state index in [0.29, 0.717) is 5.57 Å². The maximum Gasteiger partial charge on any atom is 0.330 e. The molecule has 1 N–H and O–H groups in total. The van der Waals surface area contributed by atoms with Crippen molar-refractivity contribution >= 4 is 12.0 Å². The van der Waals surface area contributed by atoms with Gasteiger partial charge in [-0.3, -0.25) is 0 Å². The zero-order chi connectivity index (χ0) is 12.4. The van der Waals surface area contributed by atoms with E-state index in [1.807, 2.05) is 31.2 Å². The fourth-order valence-corrected chi connectivity index (χ4v) is 0.880. The van der Waals surface area contributed by atoms with Crippen molar-refractivity contribution in [2.45, 2.75) is 20.8 Å². The second-order valence-corrected chi connectivity index (χ2v) is 3.19. The third-order valence-corrected chi connectivity index (χ3v) is 1.93. The topological polar surface area (TPSA) is 37.3 Å². The number of hydrogen-bond donors (Lipinski definition) is 1. The maximum atomic E-state index is 9.86. The summed E-state index contributed by atoms with van der Waals surface area (Å²) >= 11 is 0. The Morgan fingerprint density at radius 3 is 2.06 bits per heavy atom. The molecule has 0 saturated carbocycles. The quantitative estimate of drug-likeness (QED) is 0.767. The Bertz CT molecular complexity index is 362. The molecule has 0 aliphatic carbocycles. The average molecular weight is 218 g/mol. The van der Waals surface area contributed by atoms with Gasteiger partial charge in [-0.05, 0) is 26.3 Å². The summed E-state index contributed by atoms with van der Waals surface area (Å²) < 4.78 is 0. The summed E-state index contributed by atoms with van der Waals surface area (Å²) in [4.78, 5) is 9.86. The molecule has 0 aromatic heterocycles. The molecule has 0 amide bonds. The lowest BCUT2D eigenvalue weighted by Gasteiger charge is -1.86. The molecule has 0 heterocycles. The first-order valence-corrected chi connectivity index (χ1v) is 5.15. The third kappa shape index (κ3) is 6.60. The average Bonchev–Trinajstić information content (AvgIpc) is 2.30. The number of rotatable bonds is 2. The van der Waals surface area contributed by atoms with Gasteiger partial charge < -0.3 is 5.11 Å². The van der Waals surface area contributed by atoms with Crippen LogP contribution in [-0.2, 0) is 4.79 Å². The molecule has 1 aromatic carbocycles. The standard InChI is InChI=1S/C9H10.C5H8O2/c1-2-6-9-7-4-3-5-8-9;1-3-4(2)5(6)7/h2-8H,1H3;3H,1-2H3,(H,6,7). The SMILES string of the molecule is CC=C(C)C(=O)O.CC=Cc1ccccc1. The first-order valence-electron chi connectivity index (χ1n) is 5.15. The smallest absolute Gasteiger partial charge is 0.330 e. The van der Waals surface area contributed by atoms with E-state index in [2.05, 4.69) is 18.2 Å². The number of aliphatic carboxylic acids is 1. The van der Waals surface area contributed by atoms with Crippen molar-refractivity contribution in [3.63, 3.8) is 0 Å². The monoisotopic (exact) mass is 218 g/mol. The van der Waals surface area contributed by atoms with Crippen LogP contribution in [0.1, 0.15) is 26.3 Å². The number of carboxylic acids is 1. The zero-order valence-electron chi connectivity index (χ0n) is 9.97. The summed E-state index contributed by atoms with van der Waals surface area (Å²) in [6, 6.07) is 10.3. The summed E-state index contributed by atoms with van der Waals surface area (Å²) in [7, 11) is 0. The van der Waals surface area contributed by atoms with Crippen LogP contribution in [0.25, 0.3) is 6.08 Å². The van der Waals surface area contributed by atoms with E-state index >= 15 is 0 Å². The maximum absolute atomic E-state index is 9.86. The number of hydrogen-bond acceptors (Lipinski definition) is 1. The van der Waals surface area contributed by atoms with E-state index in [9.17, 15) is 4.79 Å². The molecule has 0 aliphatic rings. The highest BCUT2D eigenvalue weighted by Gasteiger charge is 1.93. The molecule has 0 radical (unpaired) electrons. The lowest BCUT2D eigenvalue weighted by atomic mass is 10.2. The highest BCUT2D eigenvalue weighted by molar-refractivity contribution is 5.85. The van der Waals surface area contributed by atoms with Gasteiger partial charge in [0.25, 0.3) is 0 Å². The Balaban J connectivity index is 0.000000293. The number of benzene rings is 1. The second kappa shape index (κ2) is 8.48. The van der Waals surface area contributed by atoms with Gasteiger partial charge in [-0.1, -0.05) is 48.6 Å². The minimum absolute atomic E-state index is 0.389. The molecule has 0 atom stereocenters. The molecule has 0 unspecified atom stereocenters. The van der Waals surface area contributed by atoms with Gasteiger partial charge in [0.15, 0.2) is 0 Å². The largest absolute Gasteiger partial charge is 0.478 e. The van der Waals surface area contributed by atoms with Gasteiger partial charge >= 0.3 is 5.97 Å². The Labute approximate surface area is 96.9 Å². The summed E-state index contributed by atoms with van der Waals surface area (Å²) in [6.07, 6.45) is 5.68. The molecule has 0 saturated heterocycles. The van der Waals surface area contributed by atoms with Crippen LogP contribution in [0.3, 0.4) is 0 Å². The van der Waals surface area contributed by atoms with E-state index < -0.39 is 5.97 Å². The van der Waals surface area contributed by atoms with Gasteiger partial charge in [-0.15, -0.1) is 0 Å². The molecule has 1 rings (SSSR count). The fourth-order valence-electron chi connectivity index (χ4n) is 0.880. The van der Waals surface area contributed by atoms with E-state index in [4.69, 9.17) is 5.11 Å². The van der Waals surface area contributed by atoms with Crippen molar-refractivity contribution in [3.8, 4) is 0 Å². The number of carbonyl (C=O) groups is 1. The van der Waals surface area contributed by atoms with Crippen molar-refractivity contribution < 1.29 is 9.90 Å². The van der Waals surface area contributed by atoms with Gasteiger partial charge in [0.2, 0.25) is 0 Å². The van der Waals surface area contributed by atoms with E-state index in [1.54, 1.807) is 19.9 Å². The molecule has 0 spiro atoms. The summed E-state index contributed by atoms with van der Waals surface area (Å²) in [6.45, 7) is 5.28. The molecule has 0 aliphatic heterocycles. The molecule has 2 nitrogen and oxygen atoms in total. The molecular weight excluding hydrogens is 200 g/mol. The number of carboxylic acid groups (broad SMARTS) is 1. The highest BCUT2D eigenvalue weighted by Crippen LogP contribution is 1.99. The van der Waals surface area contributed by atoms with E-state index in [0.717, 1.165) is 0 Å².